The fourth-order valence-electron chi connectivity index (χ4n) is 2.74. The number of hydrogen-bond acceptors (Lipinski definition) is 8. The molecule has 1 aromatic heterocycles. The Balaban J connectivity index is 1.95. The molecule has 0 unspecified atom stereocenters. The quantitative estimate of drug-likeness (QED) is 0.389. The molecule has 10 heteroatoms. The molecule has 0 saturated heterocycles. The summed E-state index contributed by atoms with van der Waals surface area (Å²) in [7, 11) is 1.41. The van der Waals surface area contributed by atoms with Crippen LogP contribution < -0.4 is 9.47 Å². The highest BCUT2D eigenvalue weighted by atomic mass is 16.6. The third kappa shape index (κ3) is 4.43. The molecule has 0 amide bonds. The first-order valence-corrected chi connectivity index (χ1v) is 8.72. The van der Waals surface area contributed by atoms with Crippen LogP contribution in [0.4, 0.5) is 11.4 Å². The van der Waals surface area contributed by atoms with Crippen LogP contribution in [0.15, 0.2) is 47.0 Å². The molecule has 0 N–H and O–H groups in total. The molecule has 0 aliphatic heterocycles. The van der Waals surface area contributed by atoms with Gasteiger partial charge in [-0.05, 0) is 30.7 Å². The lowest BCUT2D eigenvalue weighted by atomic mass is 10.1. The molecular weight excluding hydrogens is 394 g/mol. The van der Waals surface area contributed by atoms with Crippen molar-refractivity contribution in [3.63, 3.8) is 0 Å². The molecule has 0 radical (unpaired) electrons. The minimum Gasteiger partial charge on any atom is -0.493 e. The number of nitro groups is 2. The highest BCUT2D eigenvalue weighted by molar-refractivity contribution is 5.77. The van der Waals surface area contributed by atoms with Crippen molar-refractivity contribution in [2.24, 2.45) is 0 Å². The van der Waals surface area contributed by atoms with Crippen molar-refractivity contribution in [3.8, 4) is 11.5 Å². The Bertz CT molecular complexity index is 1110. The van der Waals surface area contributed by atoms with E-state index in [9.17, 15) is 20.2 Å². The van der Waals surface area contributed by atoms with Crippen LogP contribution in [0.25, 0.3) is 12.2 Å². The maximum absolute atomic E-state index is 11.6. The average Bonchev–Trinajstić information content (AvgIpc) is 3.11. The minimum absolute atomic E-state index is 0.108. The van der Waals surface area contributed by atoms with Crippen molar-refractivity contribution in [1.82, 2.24) is 5.16 Å². The second-order valence-electron chi connectivity index (χ2n) is 6.16. The number of nitrogens with zero attached hydrogens (tertiary/aromatic N) is 3. The Kier molecular flexibility index (Phi) is 6.06. The van der Waals surface area contributed by atoms with Crippen molar-refractivity contribution in [2.75, 3.05) is 7.11 Å². The van der Waals surface area contributed by atoms with E-state index in [4.69, 9.17) is 14.0 Å². The summed E-state index contributed by atoms with van der Waals surface area (Å²) in [5, 5.41) is 26.3. The largest absolute Gasteiger partial charge is 0.493 e. The summed E-state index contributed by atoms with van der Waals surface area (Å²) in [5.74, 6) is 0.362. The van der Waals surface area contributed by atoms with E-state index in [1.165, 1.54) is 38.3 Å². The van der Waals surface area contributed by atoms with Crippen LogP contribution in [0, 0.1) is 27.2 Å². The average molecular weight is 411 g/mol. The van der Waals surface area contributed by atoms with Crippen LogP contribution in [0.2, 0.25) is 0 Å². The second-order valence-corrected chi connectivity index (χ2v) is 6.16. The van der Waals surface area contributed by atoms with Gasteiger partial charge in [-0.15, -0.1) is 0 Å². The molecule has 0 spiro atoms. The zero-order valence-electron chi connectivity index (χ0n) is 16.1. The van der Waals surface area contributed by atoms with E-state index in [0.717, 1.165) is 5.56 Å². The monoisotopic (exact) mass is 411 g/mol. The van der Waals surface area contributed by atoms with Crippen LogP contribution in [0.5, 0.6) is 11.5 Å². The zero-order chi connectivity index (χ0) is 21.7. The molecule has 0 aliphatic rings. The van der Waals surface area contributed by atoms with Gasteiger partial charge in [0.25, 0.3) is 5.69 Å². The Morgan fingerprint density at radius 2 is 1.80 bits per heavy atom. The Hall–Kier alpha value is -4.21. The number of aromatic nitrogens is 1. The predicted molar refractivity (Wildman–Crippen MR) is 107 cm³/mol. The number of nitro benzene ring substituents is 1. The van der Waals surface area contributed by atoms with E-state index in [1.54, 1.807) is 0 Å². The van der Waals surface area contributed by atoms with Crippen molar-refractivity contribution in [1.29, 1.82) is 0 Å². The highest BCUT2D eigenvalue weighted by Crippen LogP contribution is 2.36. The van der Waals surface area contributed by atoms with Crippen molar-refractivity contribution in [3.05, 3.63) is 85.3 Å². The maximum Gasteiger partial charge on any atom is 0.338 e. The SMILES string of the molecule is COc1cc(/C=C\c2onc(C)c2[N+](=O)[O-])c([N+](=O)[O-])cc1OCc1ccccc1. The lowest BCUT2D eigenvalue weighted by Crippen LogP contribution is -2.00. The lowest BCUT2D eigenvalue weighted by molar-refractivity contribution is -0.386. The fraction of sp³-hybridized carbons (Fsp3) is 0.150. The van der Waals surface area contributed by atoms with E-state index >= 15 is 0 Å². The first-order chi connectivity index (χ1) is 14.4. The Labute approximate surface area is 170 Å². The van der Waals surface area contributed by atoms with Crippen molar-refractivity contribution >= 4 is 23.5 Å². The number of ether oxygens (including phenoxy) is 2. The van der Waals surface area contributed by atoms with Gasteiger partial charge < -0.3 is 14.0 Å². The van der Waals surface area contributed by atoms with Gasteiger partial charge in [0.2, 0.25) is 5.76 Å². The molecule has 0 fully saturated rings. The van der Waals surface area contributed by atoms with Crippen molar-refractivity contribution in [2.45, 2.75) is 13.5 Å². The Morgan fingerprint density at radius 1 is 1.07 bits per heavy atom. The zero-order valence-corrected chi connectivity index (χ0v) is 16.1. The summed E-state index contributed by atoms with van der Waals surface area (Å²) in [4.78, 5) is 21.5. The molecule has 10 nitrogen and oxygen atoms in total. The molecular formula is C20H17N3O7. The summed E-state index contributed by atoms with van der Waals surface area (Å²) < 4.78 is 15.9. The van der Waals surface area contributed by atoms with Crippen molar-refractivity contribution < 1.29 is 23.8 Å². The van der Waals surface area contributed by atoms with Crippen LogP contribution >= 0.6 is 0 Å². The third-order valence-electron chi connectivity index (χ3n) is 4.20. The van der Waals surface area contributed by atoms with Gasteiger partial charge >= 0.3 is 5.69 Å². The topological polar surface area (TPSA) is 131 Å². The van der Waals surface area contributed by atoms with E-state index < -0.39 is 9.85 Å². The van der Waals surface area contributed by atoms with Gasteiger partial charge in [-0.1, -0.05) is 35.5 Å². The first-order valence-electron chi connectivity index (χ1n) is 8.72. The van der Waals surface area contributed by atoms with Gasteiger partial charge in [-0.2, -0.15) is 0 Å². The summed E-state index contributed by atoms with van der Waals surface area (Å²) in [6.45, 7) is 1.64. The van der Waals surface area contributed by atoms with Gasteiger partial charge in [-0.25, -0.2) is 0 Å². The third-order valence-corrected chi connectivity index (χ3v) is 4.20. The van der Waals surface area contributed by atoms with E-state index in [2.05, 4.69) is 5.16 Å². The molecule has 3 rings (SSSR count). The van der Waals surface area contributed by atoms with E-state index in [1.807, 2.05) is 30.3 Å². The summed E-state index contributed by atoms with van der Waals surface area (Å²) >= 11 is 0. The number of benzene rings is 2. The number of rotatable bonds is 8. The minimum atomic E-state index is -0.624. The van der Waals surface area contributed by atoms with Crippen LogP contribution in [0.1, 0.15) is 22.6 Å². The number of methoxy groups -OCH3 is 1. The lowest BCUT2D eigenvalue weighted by Gasteiger charge is -2.12. The normalized spacial score (nSPS) is 10.9. The molecule has 2 aromatic carbocycles. The fourth-order valence-corrected chi connectivity index (χ4v) is 2.74. The molecule has 1 heterocycles. The number of aryl methyl sites for hydroxylation is 1. The van der Waals surface area contributed by atoms with Crippen LogP contribution in [-0.4, -0.2) is 22.1 Å². The predicted octanol–water partition coefficient (Wildman–Crippen LogP) is 4.56. The summed E-state index contributed by atoms with van der Waals surface area (Å²) in [6, 6.07) is 12.0. The van der Waals surface area contributed by atoms with Gasteiger partial charge in [-0.3, -0.25) is 20.2 Å². The summed E-state index contributed by atoms with van der Waals surface area (Å²) in [5.41, 5.74) is 0.598. The van der Waals surface area contributed by atoms with Gasteiger partial charge in [0.05, 0.1) is 28.6 Å². The van der Waals surface area contributed by atoms with Crippen LogP contribution in [0.3, 0.4) is 0 Å². The van der Waals surface area contributed by atoms with E-state index in [-0.39, 0.29) is 46.5 Å². The molecule has 0 saturated carbocycles. The smallest absolute Gasteiger partial charge is 0.338 e. The first kappa shape index (κ1) is 20.5. The molecule has 0 bridgehead atoms. The maximum atomic E-state index is 11.6. The van der Waals surface area contributed by atoms with Gasteiger partial charge in [0.15, 0.2) is 17.2 Å². The Morgan fingerprint density at radius 3 is 2.43 bits per heavy atom. The highest BCUT2D eigenvalue weighted by Gasteiger charge is 2.23. The molecule has 30 heavy (non-hydrogen) atoms. The van der Waals surface area contributed by atoms with Gasteiger partial charge in [0.1, 0.15) is 6.61 Å². The van der Waals surface area contributed by atoms with Gasteiger partial charge in [0, 0.05) is 0 Å². The second kappa shape index (κ2) is 8.86. The molecule has 154 valence electrons. The molecule has 3 aromatic rings. The van der Waals surface area contributed by atoms with Crippen LogP contribution in [-0.2, 0) is 6.61 Å². The molecule has 0 aliphatic carbocycles. The van der Waals surface area contributed by atoms with E-state index in [0.29, 0.717) is 0 Å². The molecule has 0 atom stereocenters. The number of hydrogen-bond donors (Lipinski definition) is 0. The summed E-state index contributed by atoms with van der Waals surface area (Å²) in [6.07, 6.45) is 2.58. The standard InChI is InChI=1S/C20H17N3O7/c1-13-20(23(26)27)17(30-21-13)9-8-15-10-18(28-2)19(11-16(15)22(24)25)29-12-14-6-4-3-5-7-14/h3-11H,12H2,1-2H3/b9-8-.